The van der Waals surface area contributed by atoms with E-state index in [9.17, 15) is 4.79 Å². The molecular formula is C17H18N2O2. The van der Waals surface area contributed by atoms with Crippen molar-refractivity contribution in [2.75, 3.05) is 0 Å². The van der Waals surface area contributed by atoms with Gasteiger partial charge in [0.05, 0.1) is 0 Å². The zero-order chi connectivity index (χ0) is 15.1. The summed E-state index contributed by atoms with van der Waals surface area (Å²) < 4.78 is 5.69. The van der Waals surface area contributed by atoms with Gasteiger partial charge in [-0.3, -0.25) is 9.79 Å². The van der Waals surface area contributed by atoms with Crippen molar-refractivity contribution in [2.24, 2.45) is 10.7 Å². The molecule has 0 bridgehead atoms. The molecule has 0 unspecified atom stereocenters. The van der Waals surface area contributed by atoms with Crippen molar-refractivity contribution in [3.8, 4) is 5.75 Å². The van der Waals surface area contributed by atoms with Crippen LogP contribution in [-0.4, -0.2) is 18.2 Å². The van der Waals surface area contributed by atoms with E-state index in [1.807, 2.05) is 54.6 Å². The number of hydrogen-bond donors (Lipinski definition) is 1. The van der Waals surface area contributed by atoms with Crippen molar-refractivity contribution in [2.45, 2.75) is 19.6 Å². The van der Waals surface area contributed by atoms with E-state index in [2.05, 4.69) is 4.99 Å². The molecule has 2 rings (SSSR count). The van der Waals surface area contributed by atoms with Crippen LogP contribution in [0.4, 0.5) is 0 Å². The van der Waals surface area contributed by atoms with E-state index in [-0.39, 0.29) is 0 Å². The third kappa shape index (κ3) is 4.76. The minimum absolute atomic E-state index is 0.436. The maximum absolute atomic E-state index is 10.9. The second kappa shape index (κ2) is 7.24. The summed E-state index contributed by atoms with van der Waals surface area (Å²) in [6, 6.07) is 17.0. The fourth-order valence-corrected chi connectivity index (χ4v) is 1.66. The minimum Gasteiger partial charge on any atom is -0.489 e. The third-order valence-electron chi connectivity index (χ3n) is 2.99. The van der Waals surface area contributed by atoms with E-state index in [1.165, 1.54) is 0 Å². The van der Waals surface area contributed by atoms with Crippen LogP contribution in [-0.2, 0) is 11.4 Å². The van der Waals surface area contributed by atoms with Crippen molar-refractivity contribution in [3.05, 3.63) is 65.7 Å². The second-order valence-corrected chi connectivity index (χ2v) is 4.70. The van der Waals surface area contributed by atoms with E-state index in [0.29, 0.717) is 6.61 Å². The van der Waals surface area contributed by atoms with Crippen molar-refractivity contribution in [3.63, 3.8) is 0 Å². The Kier molecular flexibility index (Phi) is 5.10. The summed E-state index contributed by atoms with van der Waals surface area (Å²) >= 11 is 0. The van der Waals surface area contributed by atoms with Crippen LogP contribution >= 0.6 is 0 Å². The molecule has 0 fully saturated rings. The molecule has 1 amide bonds. The molecule has 1 atom stereocenters. The van der Waals surface area contributed by atoms with Gasteiger partial charge in [-0.25, -0.2) is 0 Å². The van der Waals surface area contributed by atoms with Crippen LogP contribution < -0.4 is 10.5 Å². The van der Waals surface area contributed by atoms with Crippen LogP contribution in [0.25, 0.3) is 0 Å². The minimum atomic E-state index is -0.515. The number of hydrogen-bond acceptors (Lipinski definition) is 3. The topological polar surface area (TPSA) is 64.7 Å². The van der Waals surface area contributed by atoms with Gasteiger partial charge in [-0.05, 0) is 42.3 Å². The molecule has 4 heteroatoms. The first kappa shape index (κ1) is 14.8. The molecule has 4 nitrogen and oxygen atoms in total. The summed E-state index contributed by atoms with van der Waals surface area (Å²) in [5, 5.41) is 0. The average molecular weight is 282 g/mol. The molecule has 2 aromatic rings. The number of carbonyl (C=O) groups excluding carboxylic acids is 1. The number of rotatable bonds is 6. The van der Waals surface area contributed by atoms with Gasteiger partial charge in [-0.2, -0.15) is 0 Å². The van der Waals surface area contributed by atoms with Crippen LogP contribution in [0.5, 0.6) is 5.75 Å². The smallest absolute Gasteiger partial charge is 0.241 e. The molecule has 0 spiro atoms. The Bertz CT molecular complexity index is 606. The summed E-state index contributed by atoms with van der Waals surface area (Å²) in [5.41, 5.74) is 7.17. The average Bonchev–Trinajstić information content (AvgIpc) is 2.52. The summed E-state index contributed by atoms with van der Waals surface area (Å²) in [7, 11) is 0. The van der Waals surface area contributed by atoms with Gasteiger partial charge in [0, 0.05) is 6.21 Å². The molecule has 0 aromatic heterocycles. The Morgan fingerprint density at radius 1 is 1.19 bits per heavy atom. The Morgan fingerprint density at radius 3 is 2.48 bits per heavy atom. The lowest BCUT2D eigenvalue weighted by Crippen LogP contribution is -2.23. The van der Waals surface area contributed by atoms with E-state index in [0.717, 1.165) is 16.9 Å². The first-order valence-corrected chi connectivity index (χ1v) is 6.74. The quantitative estimate of drug-likeness (QED) is 0.827. The van der Waals surface area contributed by atoms with Crippen LogP contribution in [0, 0.1) is 0 Å². The number of benzene rings is 2. The van der Waals surface area contributed by atoms with Crippen LogP contribution in [0.15, 0.2) is 59.6 Å². The lowest BCUT2D eigenvalue weighted by molar-refractivity contribution is -0.118. The number of ether oxygens (including phenoxy) is 1. The van der Waals surface area contributed by atoms with Crippen LogP contribution in [0.3, 0.4) is 0 Å². The predicted molar refractivity (Wildman–Crippen MR) is 83.5 cm³/mol. The maximum atomic E-state index is 10.9. The first-order chi connectivity index (χ1) is 10.1. The predicted octanol–water partition coefficient (Wildman–Crippen LogP) is 2.56. The second-order valence-electron chi connectivity index (χ2n) is 4.70. The molecular weight excluding hydrogens is 264 g/mol. The fraction of sp³-hybridized carbons (Fsp3) is 0.176. The van der Waals surface area contributed by atoms with Gasteiger partial charge in [-0.1, -0.05) is 30.3 Å². The first-order valence-electron chi connectivity index (χ1n) is 6.74. The Hall–Kier alpha value is -2.62. The van der Waals surface area contributed by atoms with Crippen molar-refractivity contribution < 1.29 is 9.53 Å². The van der Waals surface area contributed by atoms with Gasteiger partial charge in [-0.15, -0.1) is 0 Å². The van der Waals surface area contributed by atoms with E-state index < -0.39 is 11.9 Å². The van der Waals surface area contributed by atoms with Gasteiger partial charge in [0.2, 0.25) is 5.91 Å². The summed E-state index contributed by atoms with van der Waals surface area (Å²) in [5.74, 6) is 0.355. The fourth-order valence-electron chi connectivity index (χ4n) is 1.66. The summed E-state index contributed by atoms with van der Waals surface area (Å²) in [6.45, 7) is 2.20. The maximum Gasteiger partial charge on any atom is 0.241 e. The lowest BCUT2D eigenvalue weighted by atomic mass is 10.2. The summed E-state index contributed by atoms with van der Waals surface area (Å²) in [6.07, 6.45) is 1.64. The van der Waals surface area contributed by atoms with Crippen molar-refractivity contribution in [1.29, 1.82) is 0 Å². The van der Waals surface area contributed by atoms with E-state index >= 15 is 0 Å². The molecule has 2 N–H and O–H groups in total. The van der Waals surface area contributed by atoms with Gasteiger partial charge in [0.25, 0.3) is 0 Å². The number of primary amides is 1. The van der Waals surface area contributed by atoms with Gasteiger partial charge >= 0.3 is 0 Å². The highest BCUT2D eigenvalue weighted by molar-refractivity contribution is 5.85. The molecule has 108 valence electrons. The van der Waals surface area contributed by atoms with E-state index in [1.54, 1.807) is 13.1 Å². The van der Waals surface area contributed by atoms with E-state index in [4.69, 9.17) is 10.5 Å². The van der Waals surface area contributed by atoms with Gasteiger partial charge in [0.15, 0.2) is 0 Å². The Morgan fingerprint density at radius 2 is 1.86 bits per heavy atom. The molecule has 21 heavy (non-hydrogen) atoms. The zero-order valence-electron chi connectivity index (χ0n) is 11.9. The largest absolute Gasteiger partial charge is 0.489 e. The molecule has 0 heterocycles. The highest BCUT2D eigenvalue weighted by Gasteiger charge is 2.03. The van der Waals surface area contributed by atoms with Gasteiger partial charge in [0.1, 0.15) is 18.4 Å². The SMILES string of the molecule is C[C@H](/N=C/c1ccc(OCc2ccccc2)cc1)C(N)=O. The highest BCUT2D eigenvalue weighted by atomic mass is 16.5. The molecule has 0 aliphatic carbocycles. The molecule has 0 radical (unpaired) electrons. The molecule has 0 aliphatic rings. The van der Waals surface area contributed by atoms with Crippen molar-refractivity contribution >= 4 is 12.1 Å². The number of carbonyl (C=O) groups is 1. The standard InChI is InChI=1S/C17H18N2O2/c1-13(17(18)20)19-11-14-7-9-16(10-8-14)21-12-15-5-3-2-4-6-15/h2-11,13H,12H2,1H3,(H2,18,20)/b19-11+/t13-/m0/s1. The normalized spacial score (nSPS) is 12.2. The molecule has 0 saturated heterocycles. The summed E-state index contributed by atoms with van der Waals surface area (Å²) in [4.78, 5) is 15.0. The monoisotopic (exact) mass is 282 g/mol. The number of aliphatic imine (C=N–C) groups is 1. The van der Waals surface area contributed by atoms with Crippen LogP contribution in [0.1, 0.15) is 18.1 Å². The third-order valence-corrected chi connectivity index (χ3v) is 2.99. The number of nitrogens with zero attached hydrogens (tertiary/aromatic N) is 1. The van der Waals surface area contributed by atoms with Crippen LogP contribution in [0.2, 0.25) is 0 Å². The number of nitrogens with two attached hydrogens (primary N) is 1. The number of amides is 1. The highest BCUT2D eigenvalue weighted by Crippen LogP contribution is 2.13. The zero-order valence-corrected chi connectivity index (χ0v) is 11.9. The Labute approximate surface area is 124 Å². The Balaban J connectivity index is 1.91. The lowest BCUT2D eigenvalue weighted by Gasteiger charge is -2.06. The molecule has 0 aliphatic heterocycles. The molecule has 0 saturated carbocycles. The van der Waals surface area contributed by atoms with Crippen molar-refractivity contribution in [1.82, 2.24) is 0 Å². The van der Waals surface area contributed by atoms with Gasteiger partial charge < -0.3 is 10.5 Å². The molecule has 2 aromatic carbocycles.